The molecule has 0 radical (unpaired) electrons. The largest absolute Gasteiger partial charge is 0.497 e. The zero-order valence-corrected chi connectivity index (χ0v) is 13.2. The summed E-state index contributed by atoms with van der Waals surface area (Å²) in [7, 11) is 1.70. The van der Waals surface area contributed by atoms with Crippen molar-refractivity contribution in [2.24, 2.45) is 0 Å². The summed E-state index contributed by atoms with van der Waals surface area (Å²) >= 11 is 0. The van der Waals surface area contributed by atoms with Crippen LogP contribution in [0.4, 0.5) is 0 Å². The van der Waals surface area contributed by atoms with Crippen LogP contribution in [0.2, 0.25) is 0 Å². The van der Waals surface area contributed by atoms with Crippen LogP contribution in [0.25, 0.3) is 0 Å². The van der Waals surface area contributed by atoms with E-state index >= 15 is 0 Å². The molecule has 0 aliphatic rings. The molecule has 2 nitrogen and oxygen atoms in total. The number of hydrogen-bond donors (Lipinski definition) is 1. The van der Waals surface area contributed by atoms with Crippen LogP contribution in [0.5, 0.6) is 5.75 Å². The predicted octanol–water partition coefficient (Wildman–Crippen LogP) is 3.77. The molecule has 0 fully saturated rings. The minimum atomic E-state index is 0.463. The Morgan fingerprint density at radius 3 is 2.33 bits per heavy atom. The Hall–Kier alpha value is -1.80. The molecule has 0 amide bonds. The van der Waals surface area contributed by atoms with Gasteiger partial charge in [-0.3, -0.25) is 0 Å². The number of methoxy groups -OCH3 is 1. The Morgan fingerprint density at radius 2 is 1.71 bits per heavy atom. The number of ether oxygens (including phenoxy) is 1. The third kappa shape index (κ3) is 4.91. The summed E-state index contributed by atoms with van der Waals surface area (Å²) in [5.74, 6) is 0.914. The number of nitrogens with one attached hydrogen (secondary N) is 1. The molecule has 1 unspecified atom stereocenters. The maximum Gasteiger partial charge on any atom is 0.118 e. The molecule has 0 aromatic heterocycles. The van der Waals surface area contributed by atoms with Gasteiger partial charge in [0.05, 0.1) is 7.11 Å². The minimum absolute atomic E-state index is 0.463. The number of hydrogen-bond acceptors (Lipinski definition) is 2. The second-order valence-electron chi connectivity index (χ2n) is 5.50. The monoisotopic (exact) mass is 283 g/mol. The average Bonchev–Trinajstić information content (AvgIpc) is 2.48. The Morgan fingerprint density at radius 1 is 1.00 bits per heavy atom. The molecule has 0 aliphatic carbocycles. The highest BCUT2D eigenvalue weighted by Gasteiger charge is 2.10. The fraction of sp³-hybridized carbons (Fsp3) is 0.368. The van der Waals surface area contributed by atoms with E-state index in [1.54, 1.807) is 7.11 Å². The van der Waals surface area contributed by atoms with Crippen molar-refractivity contribution in [2.75, 3.05) is 13.7 Å². The molecule has 2 aromatic carbocycles. The lowest BCUT2D eigenvalue weighted by molar-refractivity contribution is 0.414. The van der Waals surface area contributed by atoms with Crippen molar-refractivity contribution in [2.45, 2.75) is 32.7 Å². The highest BCUT2D eigenvalue weighted by atomic mass is 16.5. The molecule has 112 valence electrons. The Labute approximate surface area is 128 Å². The standard InChI is InChI=1S/C19H25NO/c1-4-20-18(14-17-7-5-6-15(2)12-17)13-16-8-10-19(21-3)11-9-16/h5-12,18,20H,4,13-14H2,1-3H3. The lowest BCUT2D eigenvalue weighted by Gasteiger charge is -2.18. The molecule has 2 rings (SSSR count). The van der Waals surface area contributed by atoms with Gasteiger partial charge < -0.3 is 10.1 Å². The smallest absolute Gasteiger partial charge is 0.118 e. The van der Waals surface area contributed by atoms with Crippen molar-refractivity contribution in [3.8, 4) is 5.75 Å². The number of likely N-dealkylation sites (N-methyl/N-ethyl adjacent to an activating group) is 1. The number of rotatable bonds is 7. The van der Waals surface area contributed by atoms with Gasteiger partial charge in [-0.1, -0.05) is 48.9 Å². The third-order valence-electron chi connectivity index (χ3n) is 3.70. The zero-order valence-electron chi connectivity index (χ0n) is 13.2. The van der Waals surface area contributed by atoms with Gasteiger partial charge >= 0.3 is 0 Å². The average molecular weight is 283 g/mol. The van der Waals surface area contributed by atoms with Gasteiger partial charge in [0, 0.05) is 6.04 Å². The molecule has 21 heavy (non-hydrogen) atoms. The summed E-state index contributed by atoms with van der Waals surface area (Å²) in [4.78, 5) is 0. The molecule has 1 N–H and O–H groups in total. The van der Waals surface area contributed by atoms with Crippen LogP contribution >= 0.6 is 0 Å². The van der Waals surface area contributed by atoms with Crippen LogP contribution in [-0.2, 0) is 12.8 Å². The molecule has 0 aliphatic heterocycles. The van der Waals surface area contributed by atoms with E-state index < -0.39 is 0 Å². The maximum absolute atomic E-state index is 5.21. The molecule has 0 bridgehead atoms. The first-order valence-corrected chi connectivity index (χ1v) is 7.63. The molecule has 2 aromatic rings. The first kappa shape index (κ1) is 15.6. The van der Waals surface area contributed by atoms with E-state index in [0.717, 1.165) is 25.1 Å². The summed E-state index contributed by atoms with van der Waals surface area (Å²) in [6.45, 7) is 5.30. The molecule has 2 heteroatoms. The molecule has 0 spiro atoms. The summed E-state index contributed by atoms with van der Waals surface area (Å²) in [6.07, 6.45) is 2.09. The fourth-order valence-electron chi connectivity index (χ4n) is 2.67. The molecule has 0 saturated heterocycles. The SMILES string of the molecule is CCNC(Cc1ccc(OC)cc1)Cc1cccc(C)c1. The summed E-state index contributed by atoms with van der Waals surface area (Å²) in [5.41, 5.74) is 4.07. The van der Waals surface area contributed by atoms with E-state index in [0.29, 0.717) is 6.04 Å². The van der Waals surface area contributed by atoms with E-state index in [-0.39, 0.29) is 0 Å². The van der Waals surface area contributed by atoms with E-state index in [2.05, 4.69) is 55.6 Å². The van der Waals surface area contributed by atoms with E-state index in [9.17, 15) is 0 Å². The predicted molar refractivity (Wildman–Crippen MR) is 89.0 cm³/mol. The highest BCUT2D eigenvalue weighted by Crippen LogP contribution is 2.15. The second kappa shape index (κ2) is 7.84. The summed E-state index contributed by atoms with van der Waals surface area (Å²) in [6, 6.07) is 17.6. The summed E-state index contributed by atoms with van der Waals surface area (Å²) in [5, 5.41) is 3.60. The van der Waals surface area contributed by atoms with Crippen LogP contribution in [0, 0.1) is 6.92 Å². The van der Waals surface area contributed by atoms with Gasteiger partial charge in [-0.25, -0.2) is 0 Å². The Bertz CT molecular complexity index is 548. The van der Waals surface area contributed by atoms with Gasteiger partial charge in [-0.05, 0) is 49.6 Å². The van der Waals surface area contributed by atoms with Gasteiger partial charge in [-0.2, -0.15) is 0 Å². The van der Waals surface area contributed by atoms with Crippen LogP contribution in [-0.4, -0.2) is 19.7 Å². The third-order valence-corrected chi connectivity index (χ3v) is 3.70. The first-order valence-electron chi connectivity index (χ1n) is 7.63. The van der Waals surface area contributed by atoms with Crippen LogP contribution in [0.15, 0.2) is 48.5 Å². The number of benzene rings is 2. The van der Waals surface area contributed by atoms with Crippen LogP contribution < -0.4 is 10.1 Å². The zero-order chi connectivity index (χ0) is 15.1. The fourth-order valence-corrected chi connectivity index (χ4v) is 2.67. The van der Waals surface area contributed by atoms with E-state index in [1.165, 1.54) is 16.7 Å². The minimum Gasteiger partial charge on any atom is -0.497 e. The molecule has 0 heterocycles. The molecule has 0 saturated carbocycles. The van der Waals surface area contributed by atoms with Gasteiger partial charge in [0.1, 0.15) is 5.75 Å². The first-order chi connectivity index (χ1) is 10.2. The van der Waals surface area contributed by atoms with Crippen molar-refractivity contribution in [3.05, 3.63) is 65.2 Å². The van der Waals surface area contributed by atoms with Gasteiger partial charge in [0.15, 0.2) is 0 Å². The van der Waals surface area contributed by atoms with Crippen molar-refractivity contribution < 1.29 is 4.74 Å². The van der Waals surface area contributed by atoms with Crippen molar-refractivity contribution in [3.63, 3.8) is 0 Å². The van der Waals surface area contributed by atoms with Gasteiger partial charge in [0.25, 0.3) is 0 Å². The van der Waals surface area contributed by atoms with Crippen LogP contribution in [0.1, 0.15) is 23.6 Å². The quantitative estimate of drug-likeness (QED) is 0.835. The van der Waals surface area contributed by atoms with Gasteiger partial charge in [-0.15, -0.1) is 0 Å². The maximum atomic E-state index is 5.21. The van der Waals surface area contributed by atoms with Gasteiger partial charge in [0.2, 0.25) is 0 Å². The van der Waals surface area contributed by atoms with Crippen LogP contribution in [0.3, 0.4) is 0 Å². The number of aryl methyl sites for hydroxylation is 1. The van der Waals surface area contributed by atoms with E-state index in [1.807, 2.05) is 12.1 Å². The highest BCUT2D eigenvalue weighted by molar-refractivity contribution is 5.28. The van der Waals surface area contributed by atoms with Crippen molar-refractivity contribution >= 4 is 0 Å². The topological polar surface area (TPSA) is 21.3 Å². The summed E-state index contributed by atoms with van der Waals surface area (Å²) < 4.78 is 5.21. The Balaban J connectivity index is 2.04. The molecular formula is C19H25NO. The lowest BCUT2D eigenvalue weighted by atomic mass is 9.98. The normalized spacial score (nSPS) is 12.1. The Kier molecular flexibility index (Phi) is 5.82. The lowest BCUT2D eigenvalue weighted by Crippen LogP contribution is -2.33. The molecule has 1 atom stereocenters. The van der Waals surface area contributed by atoms with Crippen molar-refractivity contribution in [1.29, 1.82) is 0 Å². The second-order valence-corrected chi connectivity index (χ2v) is 5.50. The van der Waals surface area contributed by atoms with E-state index in [4.69, 9.17) is 4.74 Å². The molecular weight excluding hydrogens is 258 g/mol. The van der Waals surface area contributed by atoms with Crippen molar-refractivity contribution in [1.82, 2.24) is 5.32 Å².